The second kappa shape index (κ2) is 5.41. The maximum Gasteiger partial charge on any atom is 0.418 e. The summed E-state index contributed by atoms with van der Waals surface area (Å²) in [4.78, 5) is 18.1. The summed E-state index contributed by atoms with van der Waals surface area (Å²) in [5.74, 6) is -0.0703. The Labute approximate surface area is 168 Å². The maximum absolute atomic E-state index is 13.7. The lowest BCUT2D eigenvalue weighted by atomic mass is 9.94. The van der Waals surface area contributed by atoms with Crippen LogP contribution in [-0.2, 0) is 16.6 Å². The Kier molecular flexibility index (Phi) is 3.08. The highest BCUT2D eigenvalue weighted by Crippen LogP contribution is 2.51. The van der Waals surface area contributed by atoms with Crippen LogP contribution in [0.25, 0.3) is 22.4 Å². The molecule has 1 atom stereocenters. The molecule has 2 N–H and O–H groups in total. The Hall–Kier alpha value is -3.81. The minimum atomic E-state index is -4.60. The van der Waals surface area contributed by atoms with Gasteiger partial charge in [0.2, 0.25) is 5.66 Å². The third kappa shape index (κ3) is 1.97. The van der Waals surface area contributed by atoms with Crippen molar-refractivity contribution in [1.29, 1.82) is 0 Å². The third-order valence-electron chi connectivity index (χ3n) is 5.71. The Morgan fingerprint density at radius 2 is 1.70 bits per heavy atom. The fourth-order valence-corrected chi connectivity index (χ4v) is 4.48. The first-order valence-electron chi connectivity index (χ1n) is 9.29. The molecule has 1 spiro atoms. The standard InChI is InChI=1S/C22H13F3N4O/c23-22(24,25)14-8-5-7-13-18(14)27-20(30)21(13)28-15-9-2-1-6-12(15)19-26-16-10-3-4-11-17(16)29(19)21/h1-11,28H,(H,27,30)/t21-/m0/s1. The number of rotatable bonds is 0. The molecule has 1 aromatic heterocycles. The van der Waals surface area contributed by atoms with Crippen molar-refractivity contribution in [2.75, 3.05) is 10.6 Å². The molecule has 0 bridgehead atoms. The topological polar surface area (TPSA) is 59.0 Å². The number of nitrogens with one attached hydrogen (secondary N) is 2. The van der Waals surface area contributed by atoms with Crippen LogP contribution in [0.4, 0.5) is 24.5 Å². The van der Waals surface area contributed by atoms with Crippen LogP contribution >= 0.6 is 0 Å². The fourth-order valence-electron chi connectivity index (χ4n) is 4.48. The molecule has 0 fully saturated rings. The number of nitrogens with zero attached hydrogens (tertiary/aromatic N) is 2. The van der Waals surface area contributed by atoms with E-state index in [-0.39, 0.29) is 11.3 Å². The van der Waals surface area contributed by atoms with Crippen LogP contribution < -0.4 is 10.6 Å². The largest absolute Gasteiger partial charge is 0.418 e. The monoisotopic (exact) mass is 406 g/mol. The Balaban J connectivity index is 1.76. The van der Waals surface area contributed by atoms with E-state index in [0.717, 1.165) is 11.6 Å². The molecule has 0 saturated carbocycles. The number of benzene rings is 3. The van der Waals surface area contributed by atoms with Crippen LogP contribution in [0.3, 0.4) is 0 Å². The number of aromatic nitrogens is 2. The molecule has 5 nitrogen and oxygen atoms in total. The molecule has 1 amide bonds. The predicted octanol–water partition coefficient (Wildman–Crippen LogP) is 4.80. The van der Waals surface area contributed by atoms with Gasteiger partial charge in [0.15, 0.2) is 0 Å². The van der Waals surface area contributed by atoms with Gasteiger partial charge in [0.1, 0.15) is 5.82 Å². The van der Waals surface area contributed by atoms with Crippen molar-refractivity contribution in [3.63, 3.8) is 0 Å². The molecule has 0 saturated heterocycles. The van der Waals surface area contributed by atoms with Crippen LogP contribution in [0.2, 0.25) is 0 Å². The van der Waals surface area contributed by atoms with Gasteiger partial charge >= 0.3 is 6.18 Å². The Morgan fingerprint density at radius 1 is 0.933 bits per heavy atom. The van der Waals surface area contributed by atoms with E-state index in [1.807, 2.05) is 36.4 Å². The summed E-state index contributed by atoms with van der Waals surface area (Å²) in [6, 6.07) is 18.4. The minimum absolute atomic E-state index is 0.209. The lowest BCUT2D eigenvalue weighted by Gasteiger charge is -2.37. The highest BCUT2D eigenvalue weighted by atomic mass is 19.4. The van der Waals surface area contributed by atoms with Crippen LogP contribution in [-0.4, -0.2) is 15.5 Å². The van der Waals surface area contributed by atoms with E-state index in [1.165, 1.54) is 6.07 Å². The van der Waals surface area contributed by atoms with Crippen LogP contribution in [0.5, 0.6) is 0 Å². The van der Waals surface area contributed by atoms with Crippen molar-refractivity contribution < 1.29 is 18.0 Å². The summed E-state index contributed by atoms with van der Waals surface area (Å²) in [7, 11) is 0. The molecule has 148 valence electrons. The number of carbonyl (C=O) groups excluding carboxylic acids is 1. The van der Waals surface area contributed by atoms with E-state index >= 15 is 0 Å². The number of amides is 1. The van der Waals surface area contributed by atoms with Gasteiger partial charge in [0.05, 0.1) is 22.3 Å². The number of anilines is 2. The molecule has 2 aliphatic rings. The van der Waals surface area contributed by atoms with Crippen molar-refractivity contribution in [2.24, 2.45) is 0 Å². The highest BCUT2D eigenvalue weighted by Gasteiger charge is 2.55. The Morgan fingerprint density at radius 3 is 2.53 bits per heavy atom. The first-order valence-corrected chi connectivity index (χ1v) is 9.29. The number of imidazole rings is 1. The summed E-state index contributed by atoms with van der Waals surface area (Å²) in [5, 5.41) is 5.72. The van der Waals surface area contributed by atoms with Gasteiger partial charge in [-0.2, -0.15) is 13.2 Å². The van der Waals surface area contributed by atoms with E-state index in [4.69, 9.17) is 4.98 Å². The van der Waals surface area contributed by atoms with E-state index in [9.17, 15) is 18.0 Å². The molecule has 4 aromatic rings. The number of alkyl halides is 3. The summed E-state index contributed by atoms with van der Waals surface area (Å²) in [6.07, 6.45) is -4.60. The highest BCUT2D eigenvalue weighted by molar-refractivity contribution is 6.11. The average Bonchev–Trinajstić information content (AvgIpc) is 3.24. The zero-order valence-electron chi connectivity index (χ0n) is 15.3. The molecular formula is C22H13F3N4O. The quantitative estimate of drug-likeness (QED) is 0.441. The molecule has 0 radical (unpaired) electrons. The van der Waals surface area contributed by atoms with Crippen molar-refractivity contribution in [3.05, 3.63) is 77.9 Å². The van der Waals surface area contributed by atoms with Crippen molar-refractivity contribution in [3.8, 4) is 11.4 Å². The number of hydrogen-bond donors (Lipinski definition) is 2. The number of para-hydroxylation sites is 4. The number of halogens is 3. The lowest BCUT2D eigenvalue weighted by molar-refractivity contribution is -0.136. The van der Waals surface area contributed by atoms with Crippen molar-refractivity contribution in [2.45, 2.75) is 11.8 Å². The second-order valence-corrected chi connectivity index (χ2v) is 7.32. The van der Waals surface area contributed by atoms with Gasteiger partial charge in [-0.25, -0.2) is 4.98 Å². The molecule has 3 heterocycles. The summed E-state index contributed by atoms with van der Waals surface area (Å²) in [6.45, 7) is 0. The van der Waals surface area contributed by atoms with Crippen molar-refractivity contribution >= 4 is 28.3 Å². The van der Waals surface area contributed by atoms with Crippen molar-refractivity contribution in [1.82, 2.24) is 9.55 Å². The van der Waals surface area contributed by atoms with Gasteiger partial charge in [-0.15, -0.1) is 0 Å². The summed E-state index contributed by atoms with van der Waals surface area (Å²) >= 11 is 0. The number of fused-ring (bicyclic) bond motifs is 8. The maximum atomic E-state index is 13.7. The van der Waals surface area contributed by atoms with Gasteiger partial charge < -0.3 is 10.6 Å². The smallest absolute Gasteiger partial charge is 0.350 e. The van der Waals surface area contributed by atoms with Gasteiger partial charge in [-0.1, -0.05) is 36.4 Å². The SMILES string of the molecule is O=C1Nc2c(C(F)(F)F)cccc2[C@@]12Nc1ccccc1-c1nc3ccccc3n12. The molecule has 0 aliphatic carbocycles. The predicted molar refractivity (Wildman–Crippen MR) is 106 cm³/mol. The second-order valence-electron chi connectivity index (χ2n) is 7.32. The fraction of sp³-hybridized carbons (Fsp3) is 0.0909. The Bertz CT molecular complexity index is 1370. The van der Waals surface area contributed by atoms with Gasteiger partial charge in [-0.3, -0.25) is 9.36 Å². The zero-order chi connectivity index (χ0) is 20.7. The van der Waals surface area contributed by atoms with Crippen LogP contribution in [0.1, 0.15) is 11.1 Å². The molecule has 30 heavy (non-hydrogen) atoms. The molecule has 8 heteroatoms. The molecule has 0 unspecified atom stereocenters. The van der Waals surface area contributed by atoms with Crippen LogP contribution in [0, 0.1) is 0 Å². The van der Waals surface area contributed by atoms with Crippen LogP contribution in [0.15, 0.2) is 66.7 Å². The van der Waals surface area contributed by atoms with E-state index < -0.39 is 23.3 Å². The van der Waals surface area contributed by atoms with E-state index in [2.05, 4.69) is 10.6 Å². The third-order valence-corrected chi connectivity index (χ3v) is 5.71. The molecule has 3 aromatic carbocycles. The molecular weight excluding hydrogens is 393 g/mol. The first-order chi connectivity index (χ1) is 14.4. The van der Waals surface area contributed by atoms with Gasteiger partial charge in [0, 0.05) is 16.8 Å². The first kappa shape index (κ1) is 17.1. The summed E-state index contributed by atoms with van der Waals surface area (Å²) < 4.78 is 42.7. The average molecular weight is 406 g/mol. The number of hydrogen-bond acceptors (Lipinski definition) is 3. The van der Waals surface area contributed by atoms with E-state index in [0.29, 0.717) is 22.5 Å². The minimum Gasteiger partial charge on any atom is -0.350 e. The van der Waals surface area contributed by atoms with Gasteiger partial charge in [-0.05, 0) is 30.3 Å². The summed E-state index contributed by atoms with van der Waals surface area (Å²) in [5.41, 5.74) is 0.210. The normalized spacial score (nSPS) is 19.2. The van der Waals surface area contributed by atoms with Gasteiger partial charge in [0.25, 0.3) is 5.91 Å². The van der Waals surface area contributed by atoms with E-state index in [1.54, 1.807) is 22.8 Å². The molecule has 2 aliphatic heterocycles. The zero-order valence-corrected chi connectivity index (χ0v) is 15.3. The molecule has 6 rings (SSSR count). The lowest BCUT2D eigenvalue weighted by Crippen LogP contribution is -2.50. The number of carbonyl (C=O) groups is 1.